The van der Waals surface area contributed by atoms with Gasteiger partial charge in [-0.05, 0) is 32.9 Å². The van der Waals surface area contributed by atoms with Gasteiger partial charge in [-0.25, -0.2) is 8.42 Å². The zero-order valence-electron chi connectivity index (χ0n) is 16.1. The summed E-state index contributed by atoms with van der Waals surface area (Å²) < 4.78 is 32.2. The van der Waals surface area contributed by atoms with Gasteiger partial charge in [-0.15, -0.1) is 0 Å². The first-order chi connectivity index (χ1) is 13.2. The smallest absolute Gasteiger partial charge is 0.243 e. The maximum atomic E-state index is 12.9. The summed E-state index contributed by atoms with van der Waals surface area (Å²) in [7, 11) is -3.71. The van der Waals surface area contributed by atoms with E-state index in [1.54, 1.807) is 30.9 Å². The molecule has 2 aromatic rings. The van der Waals surface area contributed by atoms with Crippen molar-refractivity contribution < 1.29 is 22.5 Å². The molecule has 0 unspecified atom stereocenters. The van der Waals surface area contributed by atoms with Crippen LogP contribution in [0.25, 0.3) is 0 Å². The Morgan fingerprint density at radius 1 is 1.14 bits per heavy atom. The Morgan fingerprint density at radius 2 is 1.82 bits per heavy atom. The van der Waals surface area contributed by atoms with Gasteiger partial charge in [-0.1, -0.05) is 17.3 Å². The van der Waals surface area contributed by atoms with Crippen LogP contribution in [0.15, 0.2) is 33.7 Å². The van der Waals surface area contributed by atoms with Crippen molar-refractivity contribution in [1.29, 1.82) is 0 Å². The molecule has 28 heavy (non-hydrogen) atoms. The van der Waals surface area contributed by atoms with Crippen LogP contribution in [-0.4, -0.2) is 60.6 Å². The summed E-state index contributed by atoms with van der Waals surface area (Å²) in [6.45, 7) is 6.00. The van der Waals surface area contributed by atoms with Crippen molar-refractivity contribution in [3.8, 4) is 0 Å². The number of amides is 1. The lowest BCUT2D eigenvalue weighted by Crippen LogP contribution is -2.50. The molecule has 0 saturated carbocycles. The van der Waals surface area contributed by atoms with Gasteiger partial charge in [0.05, 0.1) is 17.0 Å². The van der Waals surface area contributed by atoms with Crippen molar-refractivity contribution in [3.63, 3.8) is 0 Å². The molecule has 1 aliphatic rings. The molecule has 1 aromatic heterocycles. The molecule has 0 N–H and O–H groups in total. The Bertz CT molecular complexity index is 985. The second-order valence-electron chi connectivity index (χ2n) is 6.85. The van der Waals surface area contributed by atoms with Crippen molar-refractivity contribution in [2.24, 2.45) is 0 Å². The monoisotopic (exact) mass is 405 g/mol. The number of carbonyl (C=O) groups is 2. The minimum Gasteiger partial charge on any atom is -0.361 e. The van der Waals surface area contributed by atoms with Crippen molar-refractivity contribution >= 4 is 21.7 Å². The summed E-state index contributed by atoms with van der Waals surface area (Å²) in [6, 6.07) is 6.03. The zero-order valence-corrected chi connectivity index (χ0v) is 17.0. The van der Waals surface area contributed by atoms with Crippen LogP contribution in [0.5, 0.6) is 0 Å². The van der Waals surface area contributed by atoms with Crippen LogP contribution < -0.4 is 0 Å². The average Bonchev–Trinajstić information content (AvgIpc) is 3.00. The predicted molar refractivity (Wildman–Crippen MR) is 101 cm³/mol. The highest BCUT2D eigenvalue weighted by Gasteiger charge is 2.30. The number of aromatic nitrogens is 1. The first-order valence-corrected chi connectivity index (χ1v) is 10.4. The quantitative estimate of drug-likeness (QED) is 0.700. The third-order valence-electron chi connectivity index (χ3n) is 4.98. The molecule has 8 nitrogen and oxygen atoms in total. The standard InChI is InChI=1S/C19H23N3O5S/c1-13-18(15(3)27-20-13)12-19(24)21-7-9-22(10-8-21)28(25,26)17-6-4-5-16(11-17)14(2)23/h4-6,11H,7-10,12H2,1-3H3. The highest BCUT2D eigenvalue weighted by Crippen LogP contribution is 2.20. The van der Waals surface area contributed by atoms with E-state index in [4.69, 9.17) is 4.52 Å². The second kappa shape index (κ2) is 7.84. The summed E-state index contributed by atoms with van der Waals surface area (Å²) >= 11 is 0. The summed E-state index contributed by atoms with van der Waals surface area (Å²) in [6.07, 6.45) is 0.189. The fourth-order valence-electron chi connectivity index (χ4n) is 3.22. The molecule has 150 valence electrons. The van der Waals surface area contributed by atoms with E-state index < -0.39 is 10.0 Å². The largest absolute Gasteiger partial charge is 0.361 e. The zero-order chi connectivity index (χ0) is 20.5. The molecule has 0 aliphatic carbocycles. The van der Waals surface area contributed by atoms with E-state index in [1.807, 2.05) is 0 Å². The number of sulfonamides is 1. The van der Waals surface area contributed by atoms with Crippen LogP contribution >= 0.6 is 0 Å². The minimum absolute atomic E-state index is 0.0787. The molecule has 2 heterocycles. The van der Waals surface area contributed by atoms with E-state index >= 15 is 0 Å². The summed E-state index contributed by atoms with van der Waals surface area (Å²) in [5, 5.41) is 3.85. The van der Waals surface area contributed by atoms with Crippen LogP contribution in [0.4, 0.5) is 0 Å². The molecule has 1 aliphatic heterocycles. The molecular weight excluding hydrogens is 382 g/mol. The lowest BCUT2D eigenvalue weighted by Gasteiger charge is -2.34. The van der Waals surface area contributed by atoms with E-state index in [0.29, 0.717) is 30.1 Å². The third kappa shape index (κ3) is 4.00. The van der Waals surface area contributed by atoms with Gasteiger partial charge in [-0.3, -0.25) is 9.59 Å². The van der Waals surface area contributed by atoms with Gasteiger partial charge >= 0.3 is 0 Å². The third-order valence-corrected chi connectivity index (χ3v) is 6.87. The number of rotatable bonds is 5. The maximum absolute atomic E-state index is 12.9. The Balaban J connectivity index is 1.67. The molecule has 1 amide bonds. The van der Waals surface area contributed by atoms with Gasteiger partial charge < -0.3 is 9.42 Å². The maximum Gasteiger partial charge on any atom is 0.243 e. The van der Waals surface area contributed by atoms with Crippen molar-refractivity contribution in [3.05, 3.63) is 46.8 Å². The number of hydrogen-bond donors (Lipinski definition) is 0. The number of benzene rings is 1. The van der Waals surface area contributed by atoms with E-state index in [0.717, 1.165) is 5.56 Å². The highest BCUT2D eigenvalue weighted by molar-refractivity contribution is 7.89. The molecule has 0 spiro atoms. The minimum atomic E-state index is -3.71. The molecule has 0 radical (unpaired) electrons. The summed E-state index contributed by atoms with van der Waals surface area (Å²) in [4.78, 5) is 25.9. The number of Topliss-reactive ketones (excluding diaryl/α,β-unsaturated/α-hetero) is 1. The number of piperazine rings is 1. The average molecular weight is 405 g/mol. The molecule has 0 atom stereocenters. The fraction of sp³-hybridized carbons (Fsp3) is 0.421. The fourth-order valence-corrected chi connectivity index (χ4v) is 4.69. The molecule has 0 bridgehead atoms. The first-order valence-electron chi connectivity index (χ1n) is 9.01. The van der Waals surface area contributed by atoms with E-state index in [2.05, 4.69) is 5.16 Å². The van der Waals surface area contributed by atoms with Crippen LogP contribution in [0.3, 0.4) is 0 Å². The normalized spacial score (nSPS) is 15.6. The molecular formula is C19H23N3O5S. The van der Waals surface area contributed by atoms with Gasteiger partial charge in [-0.2, -0.15) is 4.31 Å². The van der Waals surface area contributed by atoms with Crippen molar-refractivity contribution in [2.75, 3.05) is 26.2 Å². The SMILES string of the molecule is CC(=O)c1cccc(S(=O)(=O)N2CCN(C(=O)Cc3c(C)noc3C)CC2)c1. The molecule has 3 rings (SSSR count). The van der Waals surface area contributed by atoms with Crippen molar-refractivity contribution in [2.45, 2.75) is 32.1 Å². The topological polar surface area (TPSA) is 101 Å². The molecule has 1 aromatic carbocycles. The number of nitrogens with zero attached hydrogens (tertiary/aromatic N) is 3. The molecule has 1 fully saturated rings. The predicted octanol–water partition coefficient (Wildman–Crippen LogP) is 1.57. The Morgan fingerprint density at radius 3 is 2.39 bits per heavy atom. The van der Waals surface area contributed by atoms with Crippen LogP contribution in [0.1, 0.15) is 34.3 Å². The van der Waals surface area contributed by atoms with Gasteiger partial charge in [0.2, 0.25) is 15.9 Å². The molecule has 1 saturated heterocycles. The summed E-state index contributed by atoms with van der Waals surface area (Å²) in [5.41, 5.74) is 1.83. The van der Waals surface area contributed by atoms with Crippen LogP contribution in [0.2, 0.25) is 0 Å². The Kier molecular flexibility index (Phi) is 5.66. The van der Waals surface area contributed by atoms with E-state index in [1.165, 1.54) is 23.4 Å². The van der Waals surface area contributed by atoms with Crippen LogP contribution in [0, 0.1) is 13.8 Å². The number of aryl methyl sites for hydroxylation is 2. The second-order valence-corrected chi connectivity index (χ2v) is 8.79. The summed E-state index contributed by atoms with van der Waals surface area (Å²) in [5.74, 6) is 0.356. The first kappa shape index (κ1) is 20.2. The number of ketones is 1. The van der Waals surface area contributed by atoms with Gasteiger partial charge in [0.25, 0.3) is 0 Å². The van der Waals surface area contributed by atoms with E-state index in [-0.39, 0.29) is 36.1 Å². The lowest BCUT2D eigenvalue weighted by atomic mass is 10.1. The van der Waals surface area contributed by atoms with Crippen LogP contribution in [-0.2, 0) is 21.2 Å². The number of carbonyl (C=O) groups excluding carboxylic acids is 2. The van der Waals surface area contributed by atoms with E-state index in [9.17, 15) is 18.0 Å². The van der Waals surface area contributed by atoms with Gasteiger partial charge in [0.1, 0.15) is 5.76 Å². The lowest BCUT2D eigenvalue weighted by molar-refractivity contribution is -0.131. The Labute approximate surface area is 164 Å². The Hall–Kier alpha value is -2.52. The van der Waals surface area contributed by atoms with Gasteiger partial charge in [0, 0.05) is 37.3 Å². The van der Waals surface area contributed by atoms with Crippen molar-refractivity contribution in [1.82, 2.24) is 14.4 Å². The molecule has 9 heteroatoms. The highest BCUT2D eigenvalue weighted by atomic mass is 32.2. The number of hydrogen-bond acceptors (Lipinski definition) is 6. The van der Waals surface area contributed by atoms with Gasteiger partial charge in [0.15, 0.2) is 5.78 Å².